The average Bonchev–Trinajstić information content (AvgIpc) is 2.54. The smallest absolute Gasteiger partial charge is 0.315 e. The molecular formula is C20H31N3O2. The molecule has 0 saturated heterocycles. The van der Waals surface area contributed by atoms with E-state index in [9.17, 15) is 9.59 Å². The second-order valence-corrected chi connectivity index (χ2v) is 8.05. The molecule has 3 N–H and O–H groups in total. The molecule has 1 aliphatic carbocycles. The Balaban J connectivity index is 1.80. The summed E-state index contributed by atoms with van der Waals surface area (Å²) in [5.74, 6) is 0.447. The van der Waals surface area contributed by atoms with Crippen LogP contribution in [0.3, 0.4) is 0 Å². The Hall–Kier alpha value is -2.04. The van der Waals surface area contributed by atoms with E-state index in [1.807, 2.05) is 24.3 Å². The molecule has 2 atom stereocenters. The third-order valence-electron chi connectivity index (χ3n) is 5.00. The molecule has 5 heteroatoms. The van der Waals surface area contributed by atoms with Crippen LogP contribution in [0.15, 0.2) is 24.3 Å². The molecule has 0 spiro atoms. The Kier molecular flexibility index (Phi) is 6.45. The van der Waals surface area contributed by atoms with Crippen molar-refractivity contribution in [1.29, 1.82) is 0 Å². The Morgan fingerprint density at radius 3 is 2.40 bits per heavy atom. The van der Waals surface area contributed by atoms with Gasteiger partial charge in [0, 0.05) is 26.1 Å². The minimum absolute atomic E-state index is 0.0484. The number of carbonyl (C=O) groups is 2. The normalized spacial score (nSPS) is 22.1. The molecule has 25 heavy (non-hydrogen) atoms. The summed E-state index contributed by atoms with van der Waals surface area (Å²) in [5, 5.41) is 8.85. The highest BCUT2D eigenvalue weighted by molar-refractivity contribution is 5.74. The van der Waals surface area contributed by atoms with Gasteiger partial charge in [0.1, 0.15) is 0 Å². The summed E-state index contributed by atoms with van der Waals surface area (Å²) in [7, 11) is 0. The standard InChI is InChI=1S/C20H31N3O2/c1-14-11-20(3,4)9-8-18(14)23-19(25)22-13-17-7-5-6-16(10-17)12-21-15(2)24/h5-7,10,14,18H,8-9,11-13H2,1-4H3,(H,21,24)(H2,22,23,25). The summed E-state index contributed by atoms with van der Waals surface area (Å²) in [5.41, 5.74) is 2.43. The van der Waals surface area contributed by atoms with Crippen molar-refractivity contribution in [3.8, 4) is 0 Å². The fourth-order valence-corrected chi connectivity index (χ4v) is 3.64. The van der Waals surface area contributed by atoms with Crippen molar-refractivity contribution in [3.05, 3.63) is 35.4 Å². The van der Waals surface area contributed by atoms with Crippen LogP contribution in [-0.2, 0) is 17.9 Å². The predicted molar refractivity (Wildman–Crippen MR) is 99.9 cm³/mol. The third kappa shape index (κ3) is 6.40. The van der Waals surface area contributed by atoms with Gasteiger partial charge in [-0.2, -0.15) is 0 Å². The molecule has 0 radical (unpaired) electrons. The molecule has 0 bridgehead atoms. The minimum Gasteiger partial charge on any atom is -0.352 e. The topological polar surface area (TPSA) is 70.2 Å². The first-order chi connectivity index (χ1) is 11.7. The van der Waals surface area contributed by atoms with E-state index in [0.717, 1.165) is 30.4 Å². The molecule has 5 nitrogen and oxygen atoms in total. The number of rotatable bonds is 5. The van der Waals surface area contributed by atoms with Gasteiger partial charge in [0.2, 0.25) is 5.91 Å². The molecule has 1 aliphatic rings. The number of amides is 3. The monoisotopic (exact) mass is 345 g/mol. The van der Waals surface area contributed by atoms with E-state index in [4.69, 9.17) is 0 Å². The molecule has 0 aromatic heterocycles. The van der Waals surface area contributed by atoms with Crippen molar-refractivity contribution in [3.63, 3.8) is 0 Å². The van der Waals surface area contributed by atoms with Gasteiger partial charge in [-0.25, -0.2) is 4.79 Å². The van der Waals surface area contributed by atoms with Crippen LogP contribution in [0.4, 0.5) is 4.79 Å². The van der Waals surface area contributed by atoms with E-state index in [1.54, 1.807) is 0 Å². The fraction of sp³-hybridized carbons (Fsp3) is 0.600. The first-order valence-corrected chi connectivity index (χ1v) is 9.12. The van der Waals surface area contributed by atoms with Crippen molar-refractivity contribution < 1.29 is 9.59 Å². The Morgan fingerprint density at radius 1 is 1.16 bits per heavy atom. The lowest BCUT2D eigenvalue weighted by atomic mass is 9.70. The van der Waals surface area contributed by atoms with E-state index >= 15 is 0 Å². The Bertz CT molecular complexity index is 613. The van der Waals surface area contributed by atoms with Crippen molar-refractivity contribution in [1.82, 2.24) is 16.0 Å². The summed E-state index contributed by atoms with van der Waals surface area (Å²) in [6.45, 7) is 9.30. The number of hydrogen-bond acceptors (Lipinski definition) is 2. The van der Waals surface area contributed by atoms with Crippen molar-refractivity contribution >= 4 is 11.9 Å². The maximum Gasteiger partial charge on any atom is 0.315 e. The second kappa shape index (κ2) is 8.37. The quantitative estimate of drug-likeness (QED) is 0.766. The van der Waals surface area contributed by atoms with Gasteiger partial charge in [0.05, 0.1) is 0 Å². The number of carbonyl (C=O) groups excluding carboxylic acids is 2. The summed E-state index contributed by atoms with van der Waals surface area (Å²) in [6, 6.07) is 8.02. The van der Waals surface area contributed by atoms with E-state index in [0.29, 0.717) is 24.4 Å². The first-order valence-electron chi connectivity index (χ1n) is 9.12. The zero-order valence-electron chi connectivity index (χ0n) is 15.8. The van der Waals surface area contributed by atoms with Crippen LogP contribution in [0.5, 0.6) is 0 Å². The highest BCUT2D eigenvalue weighted by atomic mass is 16.2. The van der Waals surface area contributed by atoms with E-state index in [-0.39, 0.29) is 18.0 Å². The van der Waals surface area contributed by atoms with Gasteiger partial charge in [-0.15, -0.1) is 0 Å². The van der Waals surface area contributed by atoms with Crippen LogP contribution < -0.4 is 16.0 Å². The third-order valence-corrected chi connectivity index (χ3v) is 5.00. The second-order valence-electron chi connectivity index (χ2n) is 8.05. The van der Waals surface area contributed by atoms with Crippen LogP contribution in [-0.4, -0.2) is 18.0 Å². The SMILES string of the molecule is CC(=O)NCc1cccc(CNC(=O)NC2CCC(C)(C)CC2C)c1. The first kappa shape index (κ1) is 19.3. The molecule has 1 aromatic carbocycles. The van der Waals surface area contributed by atoms with Gasteiger partial charge in [-0.1, -0.05) is 45.0 Å². The van der Waals surface area contributed by atoms with Crippen LogP contribution in [0, 0.1) is 11.3 Å². The lowest BCUT2D eigenvalue weighted by molar-refractivity contribution is -0.119. The predicted octanol–water partition coefficient (Wildman–Crippen LogP) is 3.34. The van der Waals surface area contributed by atoms with Gasteiger partial charge in [-0.3, -0.25) is 4.79 Å². The molecule has 3 amide bonds. The lowest BCUT2D eigenvalue weighted by Gasteiger charge is -2.39. The van der Waals surface area contributed by atoms with E-state index < -0.39 is 0 Å². The van der Waals surface area contributed by atoms with E-state index in [2.05, 4.69) is 36.7 Å². The number of urea groups is 1. The van der Waals surface area contributed by atoms with Crippen molar-refractivity contribution in [2.45, 2.75) is 66.1 Å². The van der Waals surface area contributed by atoms with Crippen molar-refractivity contribution in [2.24, 2.45) is 11.3 Å². The molecule has 0 heterocycles. The summed E-state index contributed by atoms with van der Waals surface area (Å²) in [6.07, 6.45) is 3.32. The van der Waals surface area contributed by atoms with Gasteiger partial charge in [0.15, 0.2) is 0 Å². The van der Waals surface area contributed by atoms with Crippen LogP contribution in [0.25, 0.3) is 0 Å². The zero-order chi connectivity index (χ0) is 18.4. The van der Waals surface area contributed by atoms with Crippen LogP contribution in [0.1, 0.15) is 58.1 Å². The molecule has 1 fully saturated rings. The van der Waals surface area contributed by atoms with Gasteiger partial charge in [-0.05, 0) is 41.7 Å². The molecule has 138 valence electrons. The molecular weight excluding hydrogens is 314 g/mol. The molecule has 1 aromatic rings. The molecule has 1 saturated carbocycles. The Labute approximate surface area is 151 Å². The number of nitrogens with one attached hydrogen (secondary N) is 3. The largest absolute Gasteiger partial charge is 0.352 e. The van der Waals surface area contributed by atoms with Crippen molar-refractivity contribution in [2.75, 3.05) is 0 Å². The van der Waals surface area contributed by atoms with Gasteiger partial charge < -0.3 is 16.0 Å². The maximum absolute atomic E-state index is 12.2. The minimum atomic E-state index is -0.108. The van der Waals surface area contributed by atoms with Crippen LogP contribution >= 0.6 is 0 Å². The van der Waals surface area contributed by atoms with Crippen LogP contribution in [0.2, 0.25) is 0 Å². The summed E-state index contributed by atoms with van der Waals surface area (Å²) >= 11 is 0. The maximum atomic E-state index is 12.2. The molecule has 2 rings (SSSR count). The molecule has 2 unspecified atom stereocenters. The van der Waals surface area contributed by atoms with Gasteiger partial charge in [0.25, 0.3) is 0 Å². The highest BCUT2D eigenvalue weighted by Gasteiger charge is 2.32. The fourth-order valence-electron chi connectivity index (χ4n) is 3.64. The lowest BCUT2D eigenvalue weighted by Crippen LogP contribution is -2.48. The summed E-state index contributed by atoms with van der Waals surface area (Å²) < 4.78 is 0. The van der Waals surface area contributed by atoms with Gasteiger partial charge >= 0.3 is 6.03 Å². The average molecular weight is 345 g/mol. The number of benzene rings is 1. The number of hydrogen-bond donors (Lipinski definition) is 3. The zero-order valence-corrected chi connectivity index (χ0v) is 15.8. The molecule has 0 aliphatic heterocycles. The van der Waals surface area contributed by atoms with E-state index in [1.165, 1.54) is 6.92 Å². The summed E-state index contributed by atoms with van der Waals surface area (Å²) in [4.78, 5) is 23.2. The Morgan fingerprint density at radius 2 is 1.80 bits per heavy atom. The highest BCUT2D eigenvalue weighted by Crippen LogP contribution is 2.38.